The quantitative estimate of drug-likeness (QED) is 0.531. The molecule has 1 unspecified atom stereocenters. The molecule has 0 rings (SSSR count). The molecule has 0 aromatic heterocycles. The van der Waals surface area contributed by atoms with Crippen molar-refractivity contribution < 1.29 is 0 Å². The Bertz CT molecular complexity index is 63.9. The molecule has 0 saturated carbocycles. The van der Waals surface area contributed by atoms with Gasteiger partial charge in [-0.05, 0) is 19.8 Å². The molecule has 55 valence electrons. The van der Waals surface area contributed by atoms with Crippen molar-refractivity contribution in [3.63, 3.8) is 0 Å². The fraction of sp³-hybridized carbons (Fsp3) is 1.00. The molecular formula is C7H17N2. The van der Waals surface area contributed by atoms with Gasteiger partial charge < -0.3 is 0 Å². The summed E-state index contributed by atoms with van der Waals surface area (Å²) in [6.45, 7) is 7.20. The van der Waals surface area contributed by atoms with Gasteiger partial charge in [0.1, 0.15) is 0 Å². The summed E-state index contributed by atoms with van der Waals surface area (Å²) >= 11 is 0. The van der Waals surface area contributed by atoms with E-state index in [2.05, 4.69) is 20.8 Å². The van der Waals surface area contributed by atoms with E-state index in [9.17, 15) is 0 Å². The van der Waals surface area contributed by atoms with Crippen LogP contribution in [0.3, 0.4) is 0 Å². The third-order valence-corrected chi connectivity index (χ3v) is 1.59. The minimum Gasteiger partial charge on any atom is -0.227 e. The molecule has 1 radical (unpaired) electrons. The highest BCUT2D eigenvalue weighted by Gasteiger charge is 2.04. The van der Waals surface area contributed by atoms with E-state index in [1.807, 2.05) is 0 Å². The molecule has 1 atom stereocenters. The molecule has 0 spiro atoms. The van der Waals surface area contributed by atoms with Gasteiger partial charge in [0.05, 0.1) is 0 Å². The van der Waals surface area contributed by atoms with Crippen LogP contribution in [0.4, 0.5) is 0 Å². The van der Waals surface area contributed by atoms with Crippen LogP contribution in [-0.2, 0) is 0 Å². The van der Waals surface area contributed by atoms with E-state index >= 15 is 0 Å². The van der Waals surface area contributed by atoms with Crippen LogP contribution in [0.5, 0.6) is 0 Å². The first-order chi connectivity index (χ1) is 4.22. The molecule has 0 aliphatic carbocycles. The van der Waals surface area contributed by atoms with Gasteiger partial charge in [-0.25, -0.2) is 5.01 Å². The van der Waals surface area contributed by atoms with Crippen LogP contribution in [-0.4, -0.2) is 17.6 Å². The van der Waals surface area contributed by atoms with Gasteiger partial charge >= 0.3 is 0 Å². The van der Waals surface area contributed by atoms with Crippen LogP contribution in [0.25, 0.3) is 0 Å². The van der Waals surface area contributed by atoms with Gasteiger partial charge in [0.2, 0.25) is 0 Å². The maximum atomic E-state index is 7.41. The Morgan fingerprint density at radius 1 is 1.44 bits per heavy atom. The standard InChI is InChI=1S/C7H17N2/c1-4-6-9(8)7(3)5-2/h7-8H,4-6H2,1-3H3. The molecular weight excluding hydrogens is 112 g/mol. The predicted octanol–water partition coefficient (Wildman–Crippen LogP) is 1.69. The zero-order valence-electron chi connectivity index (χ0n) is 6.65. The molecule has 0 saturated heterocycles. The molecule has 2 heteroatoms. The van der Waals surface area contributed by atoms with Crippen LogP contribution in [0.1, 0.15) is 33.6 Å². The molecule has 0 heterocycles. The Morgan fingerprint density at radius 2 is 2.00 bits per heavy atom. The maximum Gasteiger partial charge on any atom is 0.0226 e. The topological polar surface area (TPSA) is 27.0 Å². The second-order valence-corrected chi connectivity index (χ2v) is 2.45. The van der Waals surface area contributed by atoms with Crippen molar-refractivity contribution in [1.29, 1.82) is 0 Å². The average Bonchev–Trinajstić information content (AvgIpc) is 1.87. The molecule has 1 N–H and O–H groups in total. The summed E-state index contributed by atoms with van der Waals surface area (Å²) in [5, 5.41) is 1.65. The van der Waals surface area contributed by atoms with E-state index in [0.717, 1.165) is 19.4 Å². The molecule has 0 amide bonds. The Labute approximate surface area is 58.0 Å². The van der Waals surface area contributed by atoms with Crippen molar-refractivity contribution >= 4 is 0 Å². The van der Waals surface area contributed by atoms with Crippen molar-refractivity contribution in [2.75, 3.05) is 6.54 Å². The van der Waals surface area contributed by atoms with Gasteiger partial charge in [-0.15, -0.1) is 0 Å². The Morgan fingerprint density at radius 3 is 2.33 bits per heavy atom. The van der Waals surface area contributed by atoms with E-state index in [4.69, 9.17) is 5.84 Å². The monoisotopic (exact) mass is 129 g/mol. The highest BCUT2D eigenvalue weighted by molar-refractivity contribution is 4.56. The molecule has 0 aromatic rings. The van der Waals surface area contributed by atoms with Gasteiger partial charge in [-0.1, -0.05) is 13.8 Å². The van der Waals surface area contributed by atoms with Crippen LogP contribution in [0.2, 0.25) is 0 Å². The summed E-state index contributed by atoms with van der Waals surface area (Å²) in [5.74, 6) is 7.41. The lowest BCUT2D eigenvalue weighted by molar-refractivity contribution is 0.195. The van der Waals surface area contributed by atoms with Crippen molar-refractivity contribution in [1.82, 2.24) is 10.9 Å². The summed E-state index contributed by atoms with van der Waals surface area (Å²) in [6, 6.07) is 0.421. The molecule has 2 nitrogen and oxygen atoms in total. The van der Waals surface area contributed by atoms with Crippen LogP contribution in [0, 0.1) is 0 Å². The lowest BCUT2D eigenvalue weighted by atomic mass is 10.2. The van der Waals surface area contributed by atoms with E-state index in [1.165, 1.54) is 0 Å². The van der Waals surface area contributed by atoms with E-state index in [-0.39, 0.29) is 0 Å². The largest absolute Gasteiger partial charge is 0.227 e. The number of nitrogens with zero attached hydrogens (tertiary/aromatic N) is 1. The molecule has 0 aliphatic rings. The third kappa shape index (κ3) is 3.49. The number of rotatable bonds is 4. The van der Waals surface area contributed by atoms with Gasteiger partial charge in [0.15, 0.2) is 0 Å². The molecule has 0 bridgehead atoms. The Hall–Kier alpha value is -0.0800. The third-order valence-electron chi connectivity index (χ3n) is 1.59. The van der Waals surface area contributed by atoms with E-state index in [1.54, 1.807) is 5.01 Å². The first-order valence-electron chi connectivity index (χ1n) is 3.70. The zero-order chi connectivity index (χ0) is 7.28. The molecule has 0 fully saturated rings. The first-order valence-corrected chi connectivity index (χ1v) is 3.70. The maximum absolute atomic E-state index is 7.41. The Kier molecular flexibility index (Phi) is 4.72. The number of nitrogens with one attached hydrogen (secondary N) is 1. The predicted molar refractivity (Wildman–Crippen MR) is 39.8 cm³/mol. The second kappa shape index (κ2) is 4.77. The number of hydrogen-bond acceptors (Lipinski definition) is 1. The SMILES string of the molecule is CCCN([NH])C(C)CC. The molecule has 9 heavy (non-hydrogen) atoms. The van der Waals surface area contributed by atoms with Gasteiger partial charge in [-0.3, -0.25) is 0 Å². The van der Waals surface area contributed by atoms with E-state index in [0.29, 0.717) is 6.04 Å². The summed E-state index contributed by atoms with van der Waals surface area (Å²) in [5.41, 5.74) is 0. The lowest BCUT2D eigenvalue weighted by Gasteiger charge is -2.20. The van der Waals surface area contributed by atoms with Crippen molar-refractivity contribution in [3.05, 3.63) is 0 Å². The van der Waals surface area contributed by atoms with Crippen molar-refractivity contribution in [2.45, 2.75) is 39.7 Å². The van der Waals surface area contributed by atoms with E-state index < -0.39 is 0 Å². The summed E-state index contributed by atoms with van der Waals surface area (Å²) in [6.07, 6.45) is 2.15. The summed E-state index contributed by atoms with van der Waals surface area (Å²) < 4.78 is 0. The summed E-state index contributed by atoms with van der Waals surface area (Å²) in [7, 11) is 0. The smallest absolute Gasteiger partial charge is 0.0226 e. The lowest BCUT2D eigenvalue weighted by Crippen LogP contribution is -2.31. The Balaban J connectivity index is 3.32. The van der Waals surface area contributed by atoms with Crippen LogP contribution in [0.15, 0.2) is 0 Å². The highest BCUT2D eigenvalue weighted by Crippen LogP contribution is 1.98. The van der Waals surface area contributed by atoms with Crippen molar-refractivity contribution in [2.24, 2.45) is 0 Å². The highest BCUT2D eigenvalue weighted by atomic mass is 15.4. The fourth-order valence-corrected chi connectivity index (χ4v) is 0.682. The zero-order valence-corrected chi connectivity index (χ0v) is 6.65. The molecule has 0 aromatic carbocycles. The van der Waals surface area contributed by atoms with Gasteiger partial charge in [0, 0.05) is 12.6 Å². The first kappa shape index (κ1) is 8.92. The van der Waals surface area contributed by atoms with Crippen molar-refractivity contribution in [3.8, 4) is 0 Å². The normalized spacial score (nSPS) is 14.3. The van der Waals surface area contributed by atoms with Crippen LogP contribution >= 0.6 is 0 Å². The average molecular weight is 129 g/mol. The van der Waals surface area contributed by atoms with Gasteiger partial charge in [-0.2, -0.15) is 5.84 Å². The fourth-order valence-electron chi connectivity index (χ4n) is 0.682. The minimum atomic E-state index is 0.421. The molecule has 0 aliphatic heterocycles. The minimum absolute atomic E-state index is 0.421. The van der Waals surface area contributed by atoms with Gasteiger partial charge in [0.25, 0.3) is 0 Å². The second-order valence-electron chi connectivity index (χ2n) is 2.45. The van der Waals surface area contributed by atoms with Crippen LogP contribution < -0.4 is 5.84 Å². The summed E-state index contributed by atoms with van der Waals surface area (Å²) in [4.78, 5) is 0. The number of hydrogen-bond donors (Lipinski definition) is 0.